The molecular formula is C24H34O4S. The SMILES string of the molecule is CCCC[C@@](C)(O)C/C=C/[C@H]1[C@H]2CC=C(CS(=O)(=O)c3ccccc3)[C@H]2C[C@H]1O. The van der Waals surface area contributed by atoms with Crippen molar-refractivity contribution in [2.45, 2.75) is 69.0 Å². The highest BCUT2D eigenvalue weighted by Gasteiger charge is 2.45. The van der Waals surface area contributed by atoms with Gasteiger partial charge in [0.05, 0.1) is 22.4 Å². The molecule has 2 aliphatic rings. The van der Waals surface area contributed by atoms with Gasteiger partial charge >= 0.3 is 0 Å². The smallest absolute Gasteiger partial charge is 0.182 e. The maximum Gasteiger partial charge on any atom is 0.182 e. The highest BCUT2D eigenvalue weighted by molar-refractivity contribution is 7.91. The van der Waals surface area contributed by atoms with E-state index >= 15 is 0 Å². The molecule has 1 aromatic carbocycles. The Balaban J connectivity index is 1.63. The molecule has 1 saturated carbocycles. The zero-order chi connectivity index (χ0) is 21.1. The maximum absolute atomic E-state index is 12.8. The number of allylic oxidation sites excluding steroid dienone is 1. The van der Waals surface area contributed by atoms with Crippen LogP contribution in [0.3, 0.4) is 0 Å². The van der Waals surface area contributed by atoms with Crippen molar-refractivity contribution in [3.05, 3.63) is 54.1 Å². The Morgan fingerprint density at radius 3 is 2.66 bits per heavy atom. The lowest BCUT2D eigenvalue weighted by Gasteiger charge is -2.22. The van der Waals surface area contributed by atoms with Crippen LogP contribution in [0.15, 0.2) is 59.0 Å². The minimum atomic E-state index is -3.36. The van der Waals surface area contributed by atoms with Crippen molar-refractivity contribution < 1.29 is 18.6 Å². The summed E-state index contributed by atoms with van der Waals surface area (Å²) in [5, 5.41) is 21.1. The molecule has 3 rings (SSSR count). The average Bonchev–Trinajstić information content (AvgIpc) is 3.20. The Morgan fingerprint density at radius 1 is 1.24 bits per heavy atom. The number of hydrogen-bond donors (Lipinski definition) is 2. The number of benzene rings is 1. The molecule has 1 fully saturated rings. The third-order valence-electron chi connectivity index (χ3n) is 6.52. The second-order valence-electron chi connectivity index (χ2n) is 8.97. The predicted octanol–water partition coefficient (Wildman–Crippen LogP) is 4.29. The summed E-state index contributed by atoms with van der Waals surface area (Å²) in [5.74, 6) is 0.435. The number of hydrogen-bond acceptors (Lipinski definition) is 4. The number of aliphatic hydroxyl groups is 2. The summed E-state index contributed by atoms with van der Waals surface area (Å²) in [4.78, 5) is 0.355. The van der Waals surface area contributed by atoms with Crippen LogP contribution in [0.4, 0.5) is 0 Å². The van der Waals surface area contributed by atoms with E-state index in [0.717, 1.165) is 31.3 Å². The molecule has 29 heavy (non-hydrogen) atoms. The van der Waals surface area contributed by atoms with Crippen molar-refractivity contribution in [2.75, 3.05) is 5.75 Å². The minimum Gasteiger partial charge on any atom is -0.392 e. The standard InChI is InChI=1S/C24H34O4S/c1-3-4-14-24(2,26)15-8-11-21-20-13-12-18(22(20)16-23(21)25)17-29(27,28)19-9-6-5-7-10-19/h5-12,20-23,25-26H,3-4,13-17H2,1-2H3/b11-8+/t20-,21+,22-,23-,24-/m1/s1. The van der Waals surface area contributed by atoms with Crippen LogP contribution in [0.25, 0.3) is 0 Å². The third-order valence-corrected chi connectivity index (χ3v) is 8.23. The lowest BCUT2D eigenvalue weighted by Crippen LogP contribution is -2.23. The van der Waals surface area contributed by atoms with E-state index in [9.17, 15) is 18.6 Å². The first-order valence-electron chi connectivity index (χ1n) is 10.8. The van der Waals surface area contributed by atoms with Crippen molar-refractivity contribution in [3.63, 3.8) is 0 Å². The fourth-order valence-electron chi connectivity index (χ4n) is 4.84. The minimum absolute atomic E-state index is 0.0233. The number of aliphatic hydroxyl groups excluding tert-OH is 1. The second kappa shape index (κ2) is 9.15. The summed E-state index contributed by atoms with van der Waals surface area (Å²) < 4.78 is 25.5. The van der Waals surface area contributed by atoms with Gasteiger partial charge in [0.2, 0.25) is 0 Å². The van der Waals surface area contributed by atoms with Crippen molar-refractivity contribution in [2.24, 2.45) is 17.8 Å². The molecule has 0 aliphatic heterocycles. The van der Waals surface area contributed by atoms with Crippen LogP contribution in [0.2, 0.25) is 0 Å². The molecule has 0 radical (unpaired) electrons. The average molecular weight is 419 g/mol. The number of rotatable bonds is 9. The van der Waals surface area contributed by atoms with Gasteiger partial charge in [-0.25, -0.2) is 8.42 Å². The van der Waals surface area contributed by atoms with Crippen molar-refractivity contribution in [1.82, 2.24) is 0 Å². The molecule has 2 aliphatic carbocycles. The van der Waals surface area contributed by atoms with Gasteiger partial charge in [-0.2, -0.15) is 0 Å². The number of sulfone groups is 1. The van der Waals surface area contributed by atoms with Crippen LogP contribution >= 0.6 is 0 Å². The summed E-state index contributed by atoms with van der Waals surface area (Å²) in [7, 11) is -3.36. The van der Waals surface area contributed by atoms with Gasteiger partial charge in [-0.1, -0.05) is 61.8 Å². The molecule has 160 valence electrons. The third kappa shape index (κ3) is 5.39. The van der Waals surface area contributed by atoms with Crippen LogP contribution < -0.4 is 0 Å². The van der Waals surface area contributed by atoms with Gasteiger partial charge in [0, 0.05) is 5.92 Å². The number of unbranched alkanes of at least 4 members (excludes halogenated alkanes) is 1. The fraction of sp³-hybridized carbons (Fsp3) is 0.583. The Morgan fingerprint density at radius 2 is 1.97 bits per heavy atom. The largest absolute Gasteiger partial charge is 0.392 e. The van der Waals surface area contributed by atoms with Gasteiger partial charge in [-0.05, 0) is 56.6 Å². The predicted molar refractivity (Wildman–Crippen MR) is 116 cm³/mol. The summed E-state index contributed by atoms with van der Waals surface area (Å²) in [5.41, 5.74) is 0.238. The van der Waals surface area contributed by atoms with Crippen molar-refractivity contribution in [3.8, 4) is 0 Å². The Hall–Kier alpha value is -1.43. The quantitative estimate of drug-likeness (QED) is 0.587. The molecule has 1 aromatic rings. The summed E-state index contributed by atoms with van der Waals surface area (Å²) in [6.07, 6.45) is 10.5. The lowest BCUT2D eigenvalue weighted by atomic mass is 9.87. The van der Waals surface area contributed by atoms with E-state index in [1.54, 1.807) is 24.3 Å². The molecule has 2 N–H and O–H groups in total. The van der Waals surface area contributed by atoms with E-state index in [4.69, 9.17) is 0 Å². The summed E-state index contributed by atoms with van der Waals surface area (Å²) >= 11 is 0. The molecule has 5 atom stereocenters. The highest BCUT2D eigenvalue weighted by atomic mass is 32.2. The zero-order valence-corrected chi connectivity index (χ0v) is 18.3. The molecular weight excluding hydrogens is 384 g/mol. The molecule has 0 bridgehead atoms. The van der Waals surface area contributed by atoms with Crippen molar-refractivity contribution in [1.29, 1.82) is 0 Å². The molecule has 0 spiro atoms. The first-order chi connectivity index (χ1) is 13.7. The number of fused-ring (bicyclic) bond motifs is 1. The van der Waals surface area contributed by atoms with E-state index in [1.165, 1.54) is 0 Å². The molecule has 5 heteroatoms. The van der Waals surface area contributed by atoms with Crippen LogP contribution in [-0.4, -0.2) is 36.1 Å². The Labute approximate surface area is 175 Å². The Bertz CT molecular complexity index is 839. The van der Waals surface area contributed by atoms with E-state index < -0.39 is 21.5 Å². The van der Waals surface area contributed by atoms with Gasteiger partial charge < -0.3 is 10.2 Å². The topological polar surface area (TPSA) is 74.6 Å². The van der Waals surface area contributed by atoms with E-state index in [2.05, 4.69) is 19.1 Å². The molecule has 0 unspecified atom stereocenters. The fourth-order valence-corrected chi connectivity index (χ4v) is 6.35. The van der Waals surface area contributed by atoms with Crippen LogP contribution in [-0.2, 0) is 9.84 Å². The van der Waals surface area contributed by atoms with Crippen LogP contribution in [0, 0.1) is 17.8 Å². The van der Waals surface area contributed by atoms with E-state index in [-0.39, 0.29) is 23.5 Å². The van der Waals surface area contributed by atoms with Gasteiger partial charge in [-0.3, -0.25) is 0 Å². The first kappa shape index (κ1) is 22.3. The van der Waals surface area contributed by atoms with Gasteiger partial charge in [0.1, 0.15) is 0 Å². The molecule has 0 saturated heterocycles. The van der Waals surface area contributed by atoms with Crippen LogP contribution in [0.1, 0.15) is 52.4 Å². The second-order valence-corrected chi connectivity index (χ2v) is 11.0. The monoisotopic (exact) mass is 418 g/mol. The summed E-state index contributed by atoms with van der Waals surface area (Å²) in [6.45, 7) is 3.98. The Kier molecular flexibility index (Phi) is 7.02. The van der Waals surface area contributed by atoms with Crippen LogP contribution in [0.5, 0.6) is 0 Å². The normalized spacial score (nSPS) is 29.0. The van der Waals surface area contributed by atoms with Gasteiger partial charge in [0.15, 0.2) is 9.84 Å². The van der Waals surface area contributed by atoms with Gasteiger partial charge in [0.25, 0.3) is 0 Å². The first-order valence-corrected chi connectivity index (χ1v) is 12.4. The van der Waals surface area contributed by atoms with E-state index in [0.29, 0.717) is 17.7 Å². The molecule has 4 nitrogen and oxygen atoms in total. The lowest BCUT2D eigenvalue weighted by molar-refractivity contribution is 0.0513. The molecule has 0 aromatic heterocycles. The highest BCUT2D eigenvalue weighted by Crippen LogP contribution is 2.49. The van der Waals surface area contributed by atoms with E-state index in [1.807, 2.05) is 19.1 Å². The maximum atomic E-state index is 12.8. The van der Waals surface area contributed by atoms with Crippen molar-refractivity contribution >= 4 is 9.84 Å². The van der Waals surface area contributed by atoms with Gasteiger partial charge in [-0.15, -0.1) is 0 Å². The summed E-state index contributed by atoms with van der Waals surface area (Å²) in [6, 6.07) is 8.58. The zero-order valence-electron chi connectivity index (χ0n) is 17.5. The molecule has 0 amide bonds. The molecule has 0 heterocycles.